The molecule has 3 aromatic rings. The third-order valence-corrected chi connectivity index (χ3v) is 6.76. The number of amides is 1. The molecule has 0 radical (unpaired) electrons. The summed E-state index contributed by atoms with van der Waals surface area (Å²) >= 11 is 0. The molecule has 1 saturated carbocycles. The number of aryl methyl sites for hydroxylation is 1. The van der Waals surface area contributed by atoms with Gasteiger partial charge in [-0.25, -0.2) is 9.37 Å². The number of halogens is 1. The zero-order valence-electron chi connectivity index (χ0n) is 18.2. The third kappa shape index (κ3) is 3.93. The van der Waals surface area contributed by atoms with Crippen molar-refractivity contribution in [2.45, 2.75) is 44.6 Å². The predicted octanol–water partition coefficient (Wildman–Crippen LogP) is 5.20. The van der Waals surface area contributed by atoms with Gasteiger partial charge in [0, 0.05) is 19.0 Å². The van der Waals surface area contributed by atoms with E-state index in [1.165, 1.54) is 36.1 Å². The van der Waals surface area contributed by atoms with Crippen LogP contribution in [-0.2, 0) is 6.61 Å². The largest absolute Gasteiger partial charge is 0.392 e. The zero-order chi connectivity index (χ0) is 22.2. The Hall–Kier alpha value is -3.05. The Bertz CT molecular complexity index is 1170. The van der Waals surface area contributed by atoms with Crippen molar-refractivity contribution in [2.75, 3.05) is 13.1 Å². The standard InChI is InChI=1S/C27H27FN2O2/c1-17-25(28)10-11-26(29-17)27(32)30-13-12-20(15-30)22-9-8-19(14-21(22)16-31)24-5-3-2-4-23(24)18-6-7-18/h2-5,8-11,14,18,20,31H,6-7,12-13,15-16H2,1H3/t20-/m0/s1. The Labute approximate surface area is 187 Å². The smallest absolute Gasteiger partial charge is 0.272 e. The van der Waals surface area contributed by atoms with Crippen molar-refractivity contribution in [1.29, 1.82) is 0 Å². The summed E-state index contributed by atoms with van der Waals surface area (Å²) in [6, 6.07) is 17.6. The lowest BCUT2D eigenvalue weighted by atomic mass is 9.89. The van der Waals surface area contributed by atoms with Crippen LogP contribution in [0, 0.1) is 12.7 Å². The minimum Gasteiger partial charge on any atom is -0.392 e. The maximum atomic E-state index is 13.5. The van der Waals surface area contributed by atoms with Gasteiger partial charge in [0.15, 0.2) is 0 Å². The highest BCUT2D eigenvalue weighted by atomic mass is 19.1. The topological polar surface area (TPSA) is 53.4 Å². The first-order valence-electron chi connectivity index (χ1n) is 11.3. The Balaban J connectivity index is 1.37. The molecule has 1 aliphatic carbocycles. The van der Waals surface area contributed by atoms with Crippen LogP contribution in [0.2, 0.25) is 0 Å². The predicted molar refractivity (Wildman–Crippen MR) is 122 cm³/mol. The number of rotatable bonds is 5. The fourth-order valence-corrected chi connectivity index (χ4v) is 4.84. The van der Waals surface area contributed by atoms with Gasteiger partial charge in [-0.3, -0.25) is 4.79 Å². The molecular formula is C27H27FN2O2. The molecule has 1 aromatic heterocycles. The van der Waals surface area contributed by atoms with Crippen molar-refractivity contribution in [1.82, 2.24) is 9.88 Å². The van der Waals surface area contributed by atoms with Crippen LogP contribution in [0.1, 0.15) is 64.0 Å². The molecule has 2 fully saturated rings. The number of carbonyl (C=O) groups is 1. The highest BCUT2D eigenvalue weighted by Crippen LogP contribution is 2.44. The van der Waals surface area contributed by atoms with Crippen molar-refractivity contribution in [2.24, 2.45) is 0 Å². The SMILES string of the molecule is Cc1nc(C(=O)N2CC[C@H](c3ccc(-c4ccccc4C4CC4)cc3CO)C2)ccc1F. The second kappa shape index (κ2) is 8.47. The molecule has 0 spiro atoms. The molecule has 5 rings (SSSR count). The lowest BCUT2D eigenvalue weighted by molar-refractivity contribution is 0.0784. The van der Waals surface area contributed by atoms with Crippen LogP contribution in [0.4, 0.5) is 4.39 Å². The summed E-state index contributed by atoms with van der Waals surface area (Å²) in [6.07, 6.45) is 3.32. The van der Waals surface area contributed by atoms with Crippen LogP contribution in [0.5, 0.6) is 0 Å². The van der Waals surface area contributed by atoms with Crippen LogP contribution >= 0.6 is 0 Å². The molecule has 2 aromatic carbocycles. The van der Waals surface area contributed by atoms with Crippen molar-refractivity contribution in [3.63, 3.8) is 0 Å². The van der Waals surface area contributed by atoms with E-state index in [2.05, 4.69) is 47.4 Å². The average Bonchev–Trinajstić information content (AvgIpc) is 3.56. The summed E-state index contributed by atoms with van der Waals surface area (Å²) in [7, 11) is 0. The van der Waals surface area contributed by atoms with Gasteiger partial charge in [0.1, 0.15) is 11.5 Å². The van der Waals surface area contributed by atoms with E-state index in [0.717, 1.165) is 23.1 Å². The number of aromatic nitrogens is 1. The molecule has 2 heterocycles. The van der Waals surface area contributed by atoms with Crippen LogP contribution in [0.25, 0.3) is 11.1 Å². The summed E-state index contributed by atoms with van der Waals surface area (Å²) in [4.78, 5) is 18.8. The van der Waals surface area contributed by atoms with Gasteiger partial charge in [0.05, 0.1) is 12.3 Å². The summed E-state index contributed by atoms with van der Waals surface area (Å²) < 4.78 is 13.5. The lowest BCUT2D eigenvalue weighted by Gasteiger charge is -2.19. The van der Waals surface area contributed by atoms with Gasteiger partial charge in [-0.15, -0.1) is 0 Å². The highest BCUT2D eigenvalue weighted by molar-refractivity contribution is 5.92. The molecule has 1 aliphatic heterocycles. The number of aliphatic hydroxyl groups excluding tert-OH is 1. The number of pyridine rings is 1. The Morgan fingerprint density at radius 2 is 1.88 bits per heavy atom. The summed E-state index contributed by atoms with van der Waals surface area (Å²) in [6.45, 7) is 2.73. The number of benzene rings is 2. The average molecular weight is 431 g/mol. The highest BCUT2D eigenvalue weighted by Gasteiger charge is 2.30. The van der Waals surface area contributed by atoms with Crippen molar-refractivity contribution < 1.29 is 14.3 Å². The van der Waals surface area contributed by atoms with Crippen LogP contribution in [0.3, 0.4) is 0 Å². The van der Waals surface area contributed by atoms with E-state index in [1.54, 1.807) is 11.8 Å². The number of nitrogens with zero attached hydrogens (tertiary/aromatic N) is 2. The maximum Gasteiger partial charge on any atom is 0.272 e. The van der Waals surface area contributed by atoms with Gasteiger partial charge in [0.25, 0.3) is 5.91 Å². The van der Waals surface area contributed by atoms with Crippen molar-refractivity contribution >= 4 is 5.91 Å². The maximum absolute atomic E-state index is 13.5. The molecule has 1 atom stereocenters. The molecule has 0 bridgehead atoms. The normalized spacial score (nSPS) is 18.2. The number of aliphatic hydroxyl groups is 1. The van der Waals surface area contributed by atoms with Crippen molar-refractivity contribution in [3.8, 4) is 11.1 Å². The van der Waals surface area contributed by atoms with Gasteiger partial charge in [-0.1, -0.05) is 36.4 Å². The first-order chi connectivity index (χ1) is 15.5. The quantitative estimate of drug-likeness (QED) is 0.606. The Morgan fingerprint density at radius 1 is 1.06 bits per heavy atom. The molecule has 2 aliphatic rings. The number of hydrogen-bond donors (Lipinski definition) is 1. The van der Waals surface area contributed by atoms with Gasteiger partial charge in [0.2, 0.25) is 0 Å². The van der Waals surface area contributed by atoms with Crippen molar-refractivity contribution in [3.05, 3.63) is 88.5 Å². The monoisotopic (exact) mass is 430 g/mol. The number of likely N-dealkylation sites (tertiary alicyclic amines) is 1. The minimum atomic E-state index is -0.406. The van der Waals surface area contributed by atoms with E-state index in [0.29, 0.717) is 19.0 Å². The van der Waals surface area contributed by atoms with E-state index in [4.69, 9.17) is 0 Å². The number of hydrogen-bond acceptors (Lipinski definition) is 3. The number of carbonyl (C=O) groups excluding carboxylic acids is 1. The first kappa shape index (κ1) is 20.8. The van der Waals surface area contributed by atoms with Gasteiger partial charge >= 0.3 is 0 Å². The van der Waals surface area contributed by atoms with Crippen LogP contribution < -0.4 is 0 Å². The molecule has 0 unspecified atom stereocenters. The molecule has 1 amide bonds. The summed E-state index contributed by atoms with van der Waals surface area (Å²) in [5, 5.41) is 10.1. The molecule has 32 heavy (non-hydrogen) atoms. The first-order valence-corrected chi connectivity index (χ1v) is 11.3. The fraction of sp³-hybridized carbons (Fsp3) is 0.333. The van der Waals surface area contributed by atoms with Crippen LogP contribution in [0.15, 0.2) is 54.6 Å². The van der Waals surface area contributed by atoms with E-state index >= 15 is 0 Å². The molecule has 1 saturated heterocycles. The van der Waals surface area contributed by atoms with E-state index in [9.17, 15) is 14.3 Å². The summed E-state index contributed by atoms with van der Waals surface area (Å²) in [5.41, 5.74) is 6.30. The molecular weight excluding hydrogens is 403 g/mol. The molecule has 5 heteroatoms. The fourth-order valence-electron chi connectivity index (χ4n) is 4.84. The van der Waals surface area contributed by atoms with Crippen LogP contribution in [-0.4, -0.2) is 34.0 Å². The van der Waals surface area contributed by atoms with Gasteiger partial charge < -0.3 is 10.0 Å². The summed E-state index contributed by atoms with van der Waals surface area (Å²) in [5.74, 6) is 0.241. The lowest BCUT2D eigenvalue weighted by Crippen LogP contribution is -2.29. The Morgan fingerprint density at radius 3 is 2.62 bits per heavy atom. The third-order valence-electron chi connectivity index (χ3n) is 6.76. The van der Waals surface area contributed by atoms with Gasteiger partial charge in [-0.2, -0.15) is 0 Å². The van der Waals surface area contributed by atoms with E-state index < -0.39 is 5.82 Å². The Kier molecular flexibility index (Phi) is 5.51. The molecule has 1 N–H and O–H groups in total. The minimum absolute atomic E-state index is 0.0298. The van der Waals surface area contributed by atoms with E-state index in [-0.39, 0.29) is 29.8 Å². The zero-order valence-corrected chi connectivity index (χ0v) is 18.2. The molecule has 164 valence electrons. The second-order valence-corrected chi connectivity index (χ2v) is 8.93. The van der Waals surface area contributed by atoms with E-state index in [1.807, 2.05) is 0 Å². The molecule has 4 nitrogen and oxygen atoms in total. The second-order valence-electron chi connectivity index (χ2n) is 8.93. The van der Waals surface area contributed by atoms with Gasteiger partial charge in [-0.05, 0) is 78.1 Å².